The Morgan fingerprint density at radius 3 is 1.88 bits per heavy atom. The first kappa shape index (κ1) is 13.4. The van der Waals surface area contributed by atoms with Gasteiger partial charge in [-0.3, -0.25) is 13.6 Å². The lowest BCUT2D eigenvalue weighted by molar-refractivity contribution is -0.0480. The van der Waals surface area contributed by atoms with E-state index in [9.17, 15) is 4.57 Å². The first-order valence-electron chi connectivity index (χ1n) is 4.82. The first-order chi connectivity index (χ1) is 7.44. The normalized spacial score (nSPS) is 18.8. The van der Waals surface area contributed by atoms with Gasteiger partial charge in [-0.25, -0.2) is 0 Å². The van der Waals surface area contributed by atoms with Gasteiger partial charge in [-0.05, 0) is 26.0 Å². The zero-order valence-electron chi connectivity index (χ0n) is 9.11. The molecule has 2 N–H and O–H groups in total. The average molecular weight is 246 g/mol. The van der Waals surface area contributed by atoms with Crippen LogP contribution in [-0.2, 0) is 13.6 Å². The summed E-state index contributed by atoms with van der Waals surface area (Å²) in [4.78, 5) is 0. The van der Waals surface area contributed by atoms with Crippen LogP contribution in [0, 0.1) is 0 Å². The van der Waals surface area contributed by atoms with Crippen LogP contribution in [-0.4, -0.2) is 22.8 Å². The molecule has 0 aromatic heterocycles. The predicted octanol–water partition coefficient (Wildman–Crippen LogP) is 1.21. The first-order valence-corrected chi connectivity index (χ1v) is 6.37. The summed E-state index contributed by atoms with van der Waals surface area (Å²) in [5.41, 5.74) is 0. The van der Waals surface area contributed by atoms with Crippen molar-refractivity contribution < 1.29 is 23.8 Å². The van der Waals surface area contributed by atoms with Crippen molar-refractivity contribution in [2.24, 2.45) is 0 Å². The number of benzene rings is 1. The van der Waals surface area contributed by atoms with E-state index in [0.717, 1.165) is 0 Å². The van der Waals surface area contributed by atoms with Gasteiger partial charge in [-0.1, -0.05) is 18.2 Å². The number of aliphatic hydroxyl groups is 2. The second kappa shape index (κ2) is 5.57. The van der Waals surface area contributed by atoms with Gasteiger partial charge >= 0.3 is 7.60 Å². The fraction of sp³-hybridized carbons (Fsp3) is 0.400. The van der Waals surface area contributed by atoms with Crippen molar-refractivity contribution in [2.45, 2.75) is 26.4 Å². The molecule has 0 amide bonds. The third-order valence-corrected chi connectivity index (χ3v) is 3.75. The second-order valence-corrected chi connectivity index (χ2v) is 5.18. The Labute approximate surface area is 94.2 Å². The number of hydrogen-bond donors (Lipinski definition) is 2. The Morgan fingerprint density at radius 1 is 1.06 bits per heavy atom. The van der Waals surface area contributed by atoms with Crippen molar-refractivity contribution in [2.75, 3.05) is 0 Å². The molecule has 1 aromatic carbocycles. The number of hydrogen-bond acceptors (Lipinski definition) is 5. The van der Waals surface area contributed by atoms with Gasteiger partial charge in [-0.15, -0.1) is 0 Å². The van der Waals surface area contributed by atoms with E-state index in [1.807, 2.05) is 0 Å². The molecule has 0 heterocycles. The zero-order valence-corrected chi connectivity index (χ0v) is 10.0. The average Bonchev–Trinajstić information content (AvgIpc) is 2.16. The fourth-order valence-corrected chi connectivity index (χ4v) is 2.79. The van der Waals surface area contributed by atoms with E-state index < -0.39 is 20.2 Å². The minimum atomic E-state index is -3.68. The lowest BCUT2D eigenvalue weighted by Gasteiger charge is -2.21. The van der Waals surface area contributed by atoms with Crippen molar-refractivity contribution in [1.82, 2.24) is 0 Å². The molecule has 0 radical (unpaired) electrons. The summed E-state index contributed by atoms with van der Waals surface area (Å²) in [6.07, 6.45) is -2.49. The highest BCUT2D eigenvalue weighted by molar-refractivity contribution is 7.62. The second-order valence-electron chi connectivity index (χ2n) is 3.24. The molecule has 0 aliphatic carbocycles. The Morgan fingerprint density at radius 2 is 1.50 bits per heavy atom. The van der Waals surface area contributed by atoms with Gasteiger partial charge in [0.15, 0.2) is 12.6 Å². The molecule has 0 bridgehead atoms. The van der Waals surface area contributed by atoms with Crippen molar-refractivity contribution >= 4 is 12.9 Å². The molecule has 0 spiro atoms. The summed E-state index contributed by atoms with van der Waals surface area (Å²) >= 11 is 0. The van der Waals surface area contributed by atoms with Crippen LogP contribution >= 0.6 is 7.60 Å². The molecule has 90 valence electrons. The van der Waals surface area contributed by atoms with Gasteiger partial charge in [0.25, 0.3) is 0 Å². The largest absolute Gasteiger partial charge is 0.368 e. The Kier molecular flexibility index (Phi) is 4.65. The molecule has 2 unspecified atom stereocenters. The number of aliphatic hydroxyl groups excluding tert-OH is 2. The van der Waals surface area contributed by atoms with Gasteiger partial charge in [0.05, 0.1) is 5.30 Å². The van der Waals surface area contributed by atoms with Crippen LogP contribution in [0.1, 0.15) is 13.8 Å². The zero-order chi connectivity index (χ0) is 12.2. The van der Waals surface area contributed by atoms with Crippen molar-refractivity contribution in [3.8, 4) is 0 Å². The highest BCUT2D eigenvalue weighted by Crippen LogP contribution is 2.48. The molecular weight excluding hydrogens is 231 g/mol. The Hall–Kier alpha value is -0.710. The van der Waals surface area contributed by atoms with E-state index in [-0.39, 0.29) is 5.30 Å². The molecule has 5 nitrogen and oxygen atoms in total. The molecule has 1 aromatic rings. The summed E-state index contributed by atoms with van der Waals surface area (Å²) in [7, 11) is -3.68. The SMILES string of the molecule is CC(O)OP(=O)(OC(C)O)c1ccccc1. The third kappa shape index (κ3) is 3.70. The fourth-order valence-electron chi connectivity index (χ4n) is 1.16. The molecule has 2 atom stereocenters. The van der Waals surface area contributed by atoms with Crippen LogP contribution in [0.2, 0.25) is 0 Å². The van der Waals surface area contributed by atoms with Gasteiger partial charge in [-0.2, -0.15) is 0 Å². The molecule has 0 aliphatic heterocycles. The predicted molar refractivity (Wildman–Crippen MR) is 59.2 cm³/mol. The van der Waals surface area contributed by atoms with Crippen LogP contribution in [0.4, 0.5) is 0 Å². The van der Waals surface area contributed by atoms with Crippen LogP contribution < -0.4 is 5.30 Å². The summed E-state index contributed by atoms with van der Waals surface area (Å²) < 4.78 is 22.0. The monoisotopic (exact) mass is 246 g/mol. The molecular formula is C10H15O5P. The highest BCUT2D eigenvalue weighted by Gasteiger charge is 2.31. The molecule has 0 fully saturated rings. The minimum Gasteiger partial charge on any atom is -0.368 e. The summed E-state index contributed by atoms with van der Waals surface area (Å²) in [5, 5.41) is 18.5. The van der Waals surface area contributed by atoms with Gasteiger partial charge in [0.1, 0.15) is 0 Å². The van der Waals surface area contributed by atoms with Crippen molar-refractivity contribution in [3.63, 3.8) is 0 Å². The minimum absolute atomic E-state index is 0.289. The molecule has 0 saturated carbocycles. The van der Waals surface area contributed by atoms with Crippen molar-refractivity contribution in [3.05, 3.63) is 30.3 Å². The molecule has 0 saturated heterocycles. The maximum atomic E-state index is 12.3. The summed E-state index contributed by atoms with van der Waals surface area (Å²) in [5.74, 6) is 0. The van der Waals surface area contributed by atoms with E-state index >= 15 is 0 Å². The van der Waals surface area contributed by atoms with E-state index in [2.05, 4.69) is 0 Å². The molecule has 6 heteroatoms. The van der Waals surface area contributed by atoms with Crippen LogP contribution in [0.15, 0.2) is 30.3 Å². The lowest BCUT2D eigenvalue weighted by Crippen LogP contribution is -2.18. The lowest BCUT2D eigenvalue weighted by atomic mass is 10.4. The van der Waals surface area contributed by atoms with E-state index in [4.69, 9.17) is 19.3 Å². The quantitative estimate of drug-likeness (QED) is 0.603. The standard InChI is InChI=1S/C10H15O5P/c1-8(11)14-16(13,15-9(2)12)10-6-4-3-5-7-10/h3-9,11-12H,1-2H3. The molecule has 1 rings (SSSR count). The molecule has 0 aliphatic rings. The summed E-state index contributed by atoms with van der Waals surface area (Å²) in [6.45, 7) is 2.64. The maximum absolute atomic E-state index is 12.3. The maximum Gasteiger partial charge on any atom is 0.365 e. The number of rotatable bonds is 5. The van der Waals surface area contributed by atoms with Crippen LogP contribution in [0.3, 0.4) is 0 Å². The van der Waals surface area contributed by atoms with E-state index in [0.29, 0.717) is 0 Å². The van der Waals surface area contributed by atoms with Gasteiger partial charge in [0, 0.05) is 0 Å². The topological polar surface area (TPSA) is 76.0 Å². The Bertz CT molecular complexity index is 349. The van der Waals surface area contributed by atoms with Crippen molar-refractivity contribution in [1.29, 1.82) is 0 Å². The third-order valence-electron chi connectivity index (χ3n) is 1.66. The highest BCUT2D eigenvalue weighted by atomic mass is 31.2. The van der Waals surface area contributed by atoms with E-state index in [1.54, 1.807) is 30.3 Å². The van der Waals surface area contributed by atoms with E-state index in [1.165, 1.54) is 13.8 Å². The summed E-state index contributed by atoms with van der Waals surface area (Å²) in [6, 6.07) is 8.17. The van der Waals surface area contributed by atoms with Crippen LogP contribution in [0.25, 0.3) is 0 Å². The van der Waals surface area contributed by atoms with Gasteiger partial charge in [0.2, 0.25) is 0 Å². The molecule has 16 heavy (non-hydrogen) atoms. The smallest absolute Gasteiger partial charge is 0.365 e. The Balaban J connectivity index is 3.00. The van der Waals surface area contributed by atoms with Crippen LogP contribution in [0.5, 0.6) is 0 Å². The van der Waals surface area contributed by atoms with Gasteiger partial charge < -0.3 is 10.2 Å².